The molecule has 1 saturated carbocycles. The van der Waals surface area contributed by atoms with E-state index in [9.17, 15) is 4.79 Å². The number of hydrogen-bond donors (Lipinski definition) is 1. The zero-order valence-electron chi connectivity index (χ0n) is 12.1. The molecule has 0 aromatic heterocycles. The van der Waals surface area contributed by atoms with Crippen LogP contribution in [0.15, 0.2) is 18.2 Å². The molecule has 5 heteroatoms. The fraction of sp³-hybridized carbons (Fsp3) is 0.562. The minimum Gasteiger partial charge on any atom is -0.342 e. The Labute approximate surface area is 135 Å². The number of carbonyl (C=O) groups excluding carboxylic acids is 1. The van der Waals surface area contributed by atoms with Crippen LogP contribution in [0.4, 0.5) is 0 Å². The van der Waals surface area contributed by atoms with Crippen LogP contribution in [0.2, 0.25) is 10.0 Å². The highest BCUT2D eigenvalue weighted by Gasteiger charge is 2.48. The molecule has 3 atom stereocenters. The first kappa shape index (κ1) is 15.1. The smallest absolute Gasteiger partial charge is 0.226 e. The van der Waals surface area contributed by atoms with Crippen molar-refractivity contribution in [3.8, 4) is 0 Å². The summed E-state index contributed by atoms with van der Waals surface area (Å²) in [5.74, 6) is 0.516. The van der Waals surface area contributed by atoms with Gasteiger partial charge in [0.2, 0.25) is 5.91 Å². The summed E-state index contributed by atoms with van der Waals surface area (Å²) in [6.07, 6.45) is 1.86. The fourth-order valence-corrected chi connectivity index (χ4v) is 3.68. The van der Waals surface area contributed by atoms with Crippen molar-refractivity contribution in [2.75, 3.05) is 19.6 Å². The SMILES string of the molecule is CC1(CN)CCN(C(=O)C2CC2c2cccc(Cl)c2Cl)C1. The van der Waals surface area contributed by atoms with Crippen molar-refractivity contribution >= 4 is 29.1 Å². The van der Waals surface area contributed by atoms with E-state index >= 15 is 0 Å². The Balaban J connectivity index is 1.68. The van der Waals surface area contributed by atoms with Crippen LogP contribution in [-0.2, 0) is 4.79 Å². The quantitative estimate of drug-likeness (QED) is 0.926. The summed E-state index contributed by atoms with van der Waals surface area (Å²) in [4.78, 5) is 14.6. The van der Waals surface area contributed by atoms with Crippen LogP contribution in [0.25, 0.3) is 0 Å². The minimum absolute atomic E-state index is 0.0566. The molecule has 1 amide bonds. The van der Waals surface area contributed by atoms with E-state index in [4.69, 9.17) is 28.9 Å². The van der Waals surface area contributed by atoms with Crippen LogP contribution in [0.5, 0.6) is 0 Å². The lowest BCUT2D eigenvalue weighted by molar-refractivity contribution is -0.132. The lowest BCUT2D eigenvalue weighted by Crippen LogP contribution is -2.35. The van der Waals surface area contributed by atoms with Gasteiger partial charge in [0, 0.05) is 19.0 Å². The number of nitrogens with zero attached hydrogens (tertiary/aromatic N) is 1. The second kappa shape index (κ2) is 5.45. The first-order valence-corrected chi connectivity index (χ1v) is 8.13. The molecule has 3 rings (SSSR count). The standard InChI is InChI=1S/C16H20Cl2N2O/c1-16(8-19)5-6-20(9-16)15(21)12-7-11(12)10-3-2-4-13(17)14(10)18/h2-4,11-12H,5-9,19H2,1H3. The lowest BCUT2D eigenvalue weighted by Gasteiger charge is -2.22. The van der Waals surface area contributed by atoms with Crippen LogP contribution in [0, 0.1) is 11.3 Å². The average Bonchev–Trinajstić information content (AvgIpc) is 3.16. The molecule has 1 heterocycles. The van der Waals surface area contributed by atoms with Crippen LogP contribution < -0.4 is 5.73 Å². The van der Waals surface area contributed by atoms with Gasteiger partial charge in [0.1, 0.15) is 0 Å². The molecule has 21 heavy (non-hydrogen) atoms. The maximum atomic E-state index is 12.6. The number of nitrogens with two attached hydrogens (primary N) is 1. The van der Waals surface area contributed by atoms with Crippen LogP contribution in [-0.4, -0.2) is 30.4 Å². The Bertz CT molecular complexity index is 577. The summed E-state index contributed by atoms with van der Waals surface area (Å²) >= 11 is 12.3. The molecule has 114 valence electrons. The normalized spacial score (nSPS) is 31.5. The van der Waals surface area contributed by atoms with Gasteiger partial charge in [0.15, 0.2) is 0 Å². The van der Waals surface area contributed by atoms with E-state index in [1.54, 1.807) is 6.07 Å². The molecule has 3 unspecified atom stereocenters. The monoisotopic (exact) mass is 326 g/mol. The second-order valence-electron chi connectivity index (χ2n) is 6.62. The van der Waals surface area contributed by atoms with Crippen molar-refractivity contribution in [1.82, 2.24) is 4.90 Å². The van der Waals surface area contributed by atoms with Gasteiger partial charge in [-0.2, -0.15) is 0 Å². The second-order valence-corrected chi connectivity index (χ2v) is 7.40. The molecule has 2 fully saturated rings. The largest absolute Gasteiger partial charge is 0.342 e. The van der Waals surface area contributed by atoms with Crippen molar-refractivity contribution in [3.05, 3.63) is 33.8 Å². The zero-order valence-corrected chi connectivity index (χ0v) is 13.6. The van der Waals surface area contributed by atoms with Gasteiger partial charge in [-0.05, 0) is 42.3 Å². The number of likely N-dealkylation sites (tertiary alicyclic amines) is 1. The van der Waals surface area contributed by atoms with Crippen molar-refractivity contribution < 1.29 is 4.79 Å². The lowest BCUT2D eigenvalue weighted by atomic mass is 9.90. The third kappa shape index (κ3) is 2.79. The van der Waals surface area contributed by atoms with Gasteiger partial charge in [-0.15, -0.1) is 0 Å². The zero-order chi connectivity index (χ0) is 15.2. The summed E-state index contributed by atoms with van der Waals surface area (Å²) in [5.41, 5.74) is 6.89. The molecule has 3 nitrogen and oxygen atoms in total. The van der Waals surface area contributed by atoms with Crippen molar-refractivity contribution in [2.24, 2.45) is 17.1 Å². The number of carbonyl (C=O) groups is 1. The van der Waals surface area contributed by atoms with Gasteiger partial charge in [-0.3, -0.25) is 4.79 Å². The molecule has 2 N–H and O–H groups in total. The average molecular weight is 327 g/mol. The Morgan fingerprint density at radius 1 is 1.48 bits per heavy atom. The summed E-state index contributed by atoms with van der Waals surface area (Å²) in [6.45, 7) is 4.37. The van der Waals surface area contributed by atoms with Crippen LogP contribution >= 0.6 is 23.2 Å². The predicted octanol–water partition coefficient (Wildman–Crippen LogP) is 3.29. The molecule has 0 radical (unpaired) electrons. The van der Waals surface area contributed by atoms with Crippen LogP contribution in [0.1, 0.15) is 31.2 Å². The number of hydrogen-bond acceptors (Lipinski definition) is 2. The molecule has 1 saturated heterocycles. The topological polar surface area (TPSA) is 46.3 Å². The van der Waals surface area contributed by atoms with Crippen molar-refractivity contribution in [1.29, 1.82) is 0 Å². The Morgan fingerprint density at radius 3 is 2.90 bits per heavy atom. The van der Waals surface area contributed by atoms with Gasteiger partial charge >= 0.3 is 0 Å². The number of benzene rings is 1. The maximum Gasteiger partial charge on any atom is 0.226 e. The predicted molar refractivity (Wildman–Crippen MR) is 85.7 cm³/mol. The summed E-state index contributed by atoms with van der Waals surface area (Å²) in [7, 11) is 0. The van der Waals surface area contributed by atoms with Crippen molar-refractivity contribution in [2.45, 2.75) is 25.7 Å². The summed E-state index contributed by atoms with van der Waals surface area (Å²) in [5, 5.41) is 1.15. The highest BCUT2D eigenvalue weighted by Crippen LogP contribution is 2.52. The Kier molecular flexibility index (Phi) is 3.93. The molecular weight excluding hydrogens is 307 g/mol. The first-order chi connectivity index (χ1) is 9.95. The fourth-order valence-electron chi connectivity index (χ4n) is 3.23. The molecule has 1 aromatic carbocycles. The van der Waals surface area contributed by atoms with E-state index in [2.05, 4.69) is 6.92 Å². The number of amides is 1. The third-order valence-electron chi connectivity index (χ3n) is 4.85. The van der Waals surface area contributed by atoms with Gasteiger partial charge < -0.3 is 10.6 Å². The van der Waals surface area contributed by atoms with Gasteiger partial charge in [-0.25, -0.2) is 0 Å². The van der Waals surface area contributed by atoms with E-state index in [1.165, 1.54) is 0 Å². The van der Waals surface area contributed by atoms with Gasteiger partial charge in [0.25, 0.3) is 0 Å². The van der Waals surface area contributed by atoms with E-state index in [-0.39, 0.29) is 23.2 Å². The molecule has 2 aliphatic rings. The summed E-state index contributed by atoms with van der Waals surface area (Å²) in [6, 6.07) is 5.64. The molecule has 0 bridgehead atoms. The molecule has 1 aliphatic heterocycles. The van der Waals surface area contributed by atoms with Gasteiger partial charge in [-0.1, -0.05) is 42.3 Å². The first-order valence-electron chi connectivity index (χ1n) is 7.38. The Morgan fingerprint density at radius 2 is 2.24 bits per heavy atom. The maximum absolute atomic E-state index is 12.6. The van der Waals surface area contributed by atoms with Gasteiger partial charge in [0.05, 0.1) is 10.0 Å². The molecule has 1 aliphatic carbocycles. The van der Waals surface area contributed by atoms with E-state index < -0.39 is 0 Å². The van der Waals surface area contributed by atoms with E-state index in [0.717, 1.165) is 31.5 Å². The highest BCUT2D eigenvalue weighted by atomic mass is 35.5. The Hall–Kier alpha value is -0.770. The third-order valence-corrected chi connectivity index (χ3v) is 5.68. The summed E-state index contributed by atoms with van der Waals surface area (Å²) < 4.78 is 0. The highest BCUT2D eigenvalue weighted by molar-refractivity contribution is 6.42. The molecule has 1 aromatic rings. The molecular formula is C16H20Cl2N2O. The minimum atomic E-state index is 0.0566. The number of halogens is 2. The van der Waals surface area contributed by atoms with E-state index in [1.807, 2.05) is 17.0 Å². The van der Waals surface area contributed by atoms with Crippen molar-refractivity contribution in [3.63, 3.8) is 0 Å². The molecule has 0 spiro atoms. The van der Waals surface area contributed by atoms with Crippen LogP contribution in [0.3, 0.4) is 0 Å². The number of rotatable bonds is 3. The van der Waals surface area contributed by atoms with E-state index in [0.29, 0.717) is 16.6 Å².